The maximum absolute atomic E-state index is 12.7. The van der Waals surface area contributed by atoms with Gasteiger partial charge in [-0.2, -0.15) is 0 Å². The van der Waals surface area contributed by atoms with Crippen molar-refractivity contribution in [1.29, 1.82) is 0 Å². The standard InChI is InChI=1S/C20H29N3O5S/c1-4-27-19(25)16-13(3)17(20(26)28-5-2)29-18(16)21-15(24)12-22-9-10-23-8-6-7-14(23)11-22/h14H,4-12H2,1-3H3,(H,21,24). The van der Waals surface area contributed by atoms with Crippen molar-refractivity contribution in [2.24, 2.45) is 0 Å². The molecular formula is C20H29N3O5S. The molecule has 0 spiro atoms. The van der Waals surface area contributed by atoms with Gasteiger partial charge in [0.05, 0.1) is 25.3 Å². The van der Waals surface area contributed by atoms with Gasteiger partial charge >= 0.3 is 11.9 Å². The number of nitrogens with one attached hydrogen (secondary N) is 1. The van der Waals surface area contributed by atoms with Gasteiger partial charge in [0.15, 0.2) is 0 Å². The number of amides is 1. The van der Waals surface area contributed by atoms with Crippen LogP contribution in [0.15, 0.2) is 0 Å². The van der Waals surface area contributed by atoms with Crippen LogP contribution in [0.1, 0.15) is 52.3 Å². The third-order valence-electron chi connectivity index (χ3n) is 5.38. The Kier molecular flexibility index (Phi) is 7.26. The third kappa shape index (κ3) is 4.96. The van der Waals surface area contributed by atoms with Crippen molar-refractivity contribution >= 4 is 34.2 Å². The lowest BCUT2D eigenvalue weighted by Gasteiger charge is -2.37. The number of esters is 2. The lowest BCUT2D eigenvalue weighted by atomic mass is 10.1. The second kappa shape index (κ2) is 9.69. The van der Waals surface area contributed by atoms with Gasteiger partial charge in [0.1, 0.15) is 9.88 Å². The van der Waals surface area contributed by atoms with Crippen LogP contribution >= 0.6 is 11.3 Å². The second-order valence-electron chi connectivity index (χ2n) is 7.32. The van der Waals surface area contributed by atoms with E-state index >= 15 is 0 Å². The first-order valence-corrected chi connectivity index (χ1v) is 11.0. The third-order valence-corrected chi connectivity index (χ3v) is 6.57. The molecule has 1 N–H and O–H groups in total. The highest BCUT2D eigenvalue weighted by atomic mass is 32.1. The summed E-state index contributed by atoms with van der Waals surface area (Å²) in [5, 5.41) is 3.17. The fraction of sp³-hybridized carbons (Fsp3) is 0.650. The summed E-state index contributed by atoms with van der Waals surface area (Å²) in [5.41, 5.74) is 0.704. The lowest BCUT2D eigenvalue weighted by Crippen LogP contribution is -2.51. The summed E-state index contributed by atoms with van der Waals surface area (Å²) in [5.74, 6) is -1.25. The summed E-state index contributed by atoms with van der Waals surface area (Å²) >= 11 is 1.06. The van der Waals surface area contributed by atoms with Crippen molar-refractivity contribution in [1.82, 2.24) is 9.80 Å². The van der Waals surface area contributed by atoms with Crippen molar-refractivity contribution in [3.63, 3.8) is 0 Å². The van der Waals surface area contributed by atoms with Gasteiger partial charge in [-0.1, -0.05) is 0 Å². The molecule has 2 aliphatic rings. The molecule has 1 atom stereocenters. The minimum absolute atomic E-state index is 0.196. The Labute approximate surface area is 175 Å². The molecule has 0 radical (unpaired) electrons. The normalized spacial score (nSPS) is 19.6. The van der Waals surface area contributed by atoms with Crippen molar-refractivity contribution in [2.45, 2.75) is 39.7 Å². The topological polar surface area (TPSA) is 88.2 Å². The quantitative estimate of drug-likeness (QED) is 0.672. The number of rotatable bonds is 7. The predicted octanol–water partition coefficient (Wildman–Crippen LogP) is 2.13. The Morgan fingerprint density at radius 1 is 1.10 bits per heavy atom. The largest absolute Gasteiger partial charge is 0.462 e. The molecule has 160 valence electrons. The minimum Gasteiger partial charge on any atom is -0.462 e. The van der Waals surface area contributed by atoms with E-state index in [-0.39, 0.29) is 31.2 Å². The number of ether oxygens (including phenoxy) is 2. The van der Waals surface area contributed by atoms with Gasteiger partial charge in [-0.15, -0.1) is 11.3 Å². The number of hydrogen-bond donors (Lipinski definition) is 1. The van der Waals surface area contributed by atoms with Gasteiger partial charge in [-0.25, -0.2) is 9.59 Å². The van der Waals surface area contributed by atoms with Gasteiger partial charge in [0.2, 0.25) is 5.91 Å². The van der Waals surface area contributed by atoms with E-state index in [1.165, 1.54) is 12.8 Å². The van der Waals surface area contributed by atoms with Gasteiger partial charge in [-0.05, 0) is 45.7 Å². The van der Waals surface area contributed by atoms with E-state index in [1.807, 2.05) is 0 Å². The number of piperazine rings is 1. The average Bonchev–Trinajstić information content (AvgIpc) is 3.26. The predicted molar refractivity (Wildman–Crippen MR) is 111 cm³/mol. The molecule has 3 rings (SSSR count). The van der Waals surface area contributed by atoms with Crippen molar-refractivity contribution < 1.29 is 23.9 Å². The number of thiophene rings is 1. The number of fused-ring (bicyclic) bond motifs is 1. The van der Waals surface area contributed by atoms with E-state index in [9.17, 15) is 14.4 Å². The maximum atomic E-state index is 12.7. The molecule has 2 saturated heterocycles. The zero-order valence-electron chi connectivity index (χ0n) is 17.3. The summed E-state index contributed by atoms with van der Waals surface area (Å²) in [6.07, 6.45) is 2.40. The first-order chi connectivity index (χ1) is 13.9. The van der Waals surface area contributed by atoms with E-state index in [0.717, 1.165) is 37.5 Å². The van der Waals surface area contributed by atoms with E-state index < -0.39 is 11.9 Å². The summed E-state index contributed by atoms with van der Waals surface area (Å²) in [6, 6.07) is 0.533. The summed E-state index contributed by atoms with van der Waals surface area (Å²) in [4.78, 5) is 42.3. The molecule has 9 heteroatoms. The highest BCUT2D eigenvalue weighted by molar-refractivity contribution is 7.18. The van der Waals surface area contributed by atoms with E-state index in [1.54, 1.807) is 20.8 Å². The van der Waals surface area contributed by atoms with Crippen molar-refractivity contribution in [2.75, 3.05) is 51.3 Å². The number of nitrogens with zero attached hydrogens (tertiary/aromatic N) is 2. The van der Waals surface area contributed by atoms with E-state index in [0.29, 0.717) is 21.5 Å². The van der Waals surface area contributed by atoms with Crippen molar-refractivity contribution in [3.8, 4) is 0 Å². The van der Waals surface area contributed by atoms with Crippen LogP contribution in [0, 0.1) is 6.92 Å². The molecule has 1 aromatic rings. The molecule has 0 saturated carbocycles. The minimum atomic E-state index is -0.549. The van der Waals surface area contributed by atoms with Crippen LogP contribution in [0.2, 0.25) is 0 Å². The molecule has 1 unspecified atom stereocenters. The fourth-order valence-corrected chi connectivity index (χ4v) is 5.12. The van der Waals surface area contributed by atoms with Gasteiger partial charge < -0.3 is 14.8 Å². The van der Waals surface area contributed by atoms with Crippen LogP contribution in [0.4, 0.5) is 5.00 Å². The summed E-state index contributed by atoms with van der Waals surface area (Å²) < 4.78 is 10.2. The van der Waals surface area contributed by atoms with E-state index in [2.05, 4.69) is 15.1 Å². The summed E-state index contributed by atoms with van der Waals surface area (Å²) in [7, 11) is 0. The highest BCUT2D eigenvalue weighted by Crippen LogP contribution is 2.34. The van der Waals surface area contributed by atoms with Crippen LogP contribution in [0.3, 0.4) is 0 Å². The van der Waals surface area contributed by atoms with Crippen LogP contribution in [-0.4, -0.2) is 79.6 Å². The Morgan fingerprint density at radius 2 is 1.83 bits per heavy atom. The Hall–Kier alpha value is -1.97. The SMILES string of the molecule is CCOC(=O)c1sc(NC(=O)CN2CCN3CCCC3C2)c(C(=O)OCC)c1C. The number of carbonyl (C=O) groups excluding carboxylic acids is 3. The molecule has 3 heterocycles. The zero-order chi connectivity index (χ0) is 21.0. The number of hydrogen-bond acceptors (Lipinski definition) is 8. The highest BCUT2D eigenvalue weighted by Gasteiger charge is 2.32. The van der Waals surface area contributed by atoms with Crippen LogP contribution < -0.4 is 5.32 Å². The van der Waals surface area contributed by atoms with Crippen molar-refractivity contribution in [3.05, 3.63) is 16.0 Å². The Balaban J connectivity index is 1.72. The van der Waals surface area contributed by atoms with Gasteiger partial charge in [0, 0.05) is 25.7 Å². The Bertz CT molecular complexity index is 778. The second-order valence-corrected chi connectivity index (χ2v) is 8.34. The Morgan fingerprint density at radius 3 is 2.55 bits per heavy atom. The molecule has 29 heavy (non-hydrogen) atoms. The first-order valence-electron chi connectivity index (χ1n) is 10.2. The molecule has 0 aromatic carbocycles. The van der Waals surface area contributed by atoms with Gasteiger partial charge in [-0.3, -0.25) is 14.6 Å². The summed E-state index contributed by atoms with van der Waals surface area (Å²) in [6.45, 7) is 9.69. The monoisotopic (exact) mass is 423 g/mol. The molecular weight excluding hydrogens is 394 g/mol. The van der Waals surface area contributed by atoms with Gasteiger partial charge in [0.25, 0.3) is 0 Å². The molecule has 1 aromatic heterocycles. The average molecular weight is 424 g/mol. The molecule has 0 aliphatic carbocycles. The smallest absolute Gasteiger partial charge is 0.348 e. The molecule has 0 bridgehead atoms. The maximum Gasteiger partial charge on any atom is 0.348 e. The zero-order valence-corrected chi connectivity index (χ0v) is 18.1. The molecule has 8 nitrogen and oxygen atoms in total. The number of anilines is 1. The molecule has 1 amide bonds. The number of carbonyl (C=O) groups is 3. The van der Waals surface area contributed by atoms with Crippen LogP contribution in [0.5, 0.6) is 0 Å². The lowest BCUT2D eigenvalue weighted by molar-refractivity contribution is -0.117. The van der Waals surface area contributed by atoms with Crippen LogP contribution in [0.25, 0.3) is 0 Å². The first kappa shape index (κ1) is 21.7. The molecule has 2 fully saturated rings. The molecule has 2 aliphatic heterocycles. The van der Waals surface area contributed by atoms with Crippen LogP contribution in [-0.2, 0) is 14.3 Å². The van der Waals surface area contributed by atoms with E-state index in [4.69, 9.17) is 9.47 Å². The fourth-order valence-electron chi connectivity index (χ4n) is 4.01.